The number of ether oxygens (including phenoxy) is 1. The van der Waals surface area contributed by atoms with Gasteiger partial charge < -0.3 is 4.74 Å². The standard InChI is InChI=1S/C15H14Cl2N2O2/c1-9-8-11(16)4-6-13(9)21-14(20)7-5-12-10(2)18-19(3)15(12)17/h4-8H,1-3H3/b7-5+. The van der Waals surface area contributed by atoms with Crippen molar-refractivity contribution in [2.24, 2.45) is 7.05 Å². The predicted octanol–water partition coefficient (Wildman–Crippen LogP) is 3.96. The van der Waals surface area contributed by atoms with Crippen LogP contribution in [-0.2, 0) is 11.8 Å². The Morgan fingerprint density at radius 2 is 2.05 bits per heavy atom. The maximum atomic E-state index is 11.8. The van der Waals surface area contributed by atoms with E-state index in [9.17, 15) is 4.79 Å². The molecule has 1 aromatic heterocycles. The molecule has 21 heavy (non-hydrogen) atoms. The lowest BCUT2D eigenvalue weighted by molar-refractivity contribution is -0.128. The first-order valence-corrected chi connectivity index (χ1v) is 6.99. The van der Waals surface area contributed by atoms with Crippen LogP contribution < -0.4 is 4.74 Å². The van der Waals surface area contributed by atoms with Gasteiger partial charge in [-0.05, 0) is 43.7 Å². The fraction of sp³-hybridized carbons (Fsp3) is 0.200. The van der Waals surface area contributed by atoms with E-state index in [1.54, 1.807) is 36.0 Å². The van der Waals surface area contributed by atoms with E-state index < -0.39 is 5.97 Å². The number of rotatable bonds is 3. The highest BCUT2D eigenvalue weighted by Crippen LogP contribution is 2.23. The molecule has 4 nitrogen and oxygen atoms in total. The summed E-state index contributed by atoms with van der Waals surface area (Å²) in [6.45, 7) is 3.64. The van der Waals surface area contributed by atoms with Gasteiger partial charge in [-0.1, -0.05) is 23.2 Å². The van der Waals surface area contributed by atoms with Gasteiger partial charge in [0.1, 0.15) is 10.9 Å². The van der Waals surface area contributed by atoms with Crippen LogP contribution in [0.2, 0.25) is 10.2 Å². The maximum absolute atomic E-state index is 11.8. The van der Waals surface area contributed by atoms with Crippen molar-refractivity contribution in [2.45, 2.75) is 13.8 Å². The summed E-state index contributed by atoms with van der Waals surface area (Å²) in [6.07, 6.45) is 2.92. The highest BCUT2D eigenvalue weighted by Gasteiger charge is 2.09. The summed E-state index contributed by atoms with van der Waals surface area (Å²) < 4.78 is 6.80. The van der Waals surface area contributed by atoms with Crippen LogP contribution in [0.3, 0.4) is 0 Å². The van der Waals surface area contributed by atoms with Gasteiger partial charge in [0.2, 0.25) is 0 Å². The molecule has 0 spiro atoms. The van der Waals surface area contributed by atoms with Gasteiger partial charge in [0.05, 0.1) is 5.69 Å². The minimum atomic E-state index is -0.486. The van der Waals surface area contributed by atoms with Crippen molar-refractivity contribution in [2.75, 3.05) is 0 Å². The molecule has 0 saturated heterocycles. The second-order valence-corrected chi connectivity index (χ2v) is 5.37. The molecule has 0 fully saturated rings. The Morgan fingerprint density at radius 3 is 2.62 bits per heavy atom. The van der Waals surface area contributed by atoms with Crippen LogP contribution in [0.5, 0.6) is 5.75 Å². The summed E-state index contributed by atoms with van der Waals surface area (Å²) in [7, 11) is 1.74. The van der Waals surface area contributed by atoms with Gasteiger partial charge >= 0.3 is 5.97 Å². The Morgan fingerprint density at radius 1 is 1.33 bits per heavy atom. The average molecular weight is 325 g/mol. The molecule has 0 N–H and O–H groups in total. The molecular weight excluding hydrogens is 311 g/mol. The van der Waals surface area contributed by atoms with Gasteiger partial charge in [-0.15, -0.1) is 0 Å². The Bertz CT molecular complexity index is 721. The van der Waals surface area contributed by atoms with Crippen LogP contribution in [0, 0.1) is 13.8 Å². The lowest BCUT2D eigenvalue weighted by Gasteiger charge is -2.05. The lowest BCUT2D eigenvalue weighted by Crippen LogP contribution is -2.04. The molecule has 0 unspecified atom stereocenters. The number of hydrogen-bond acceptors (Lipinski definition) is 3. The van der Waals surface area contributed by atoms with Crippen LogP contribution in [0.25, 0.3) is 6.08 Å². The van der Waals surface area contributed by atoms with Gasteiger partial charge in [0, 0.05) is 23.7 Å². The number of hydrogen-bond donors (Lipinski definition) is 0. The molecule has 2 rings (SSSR count). The van der Waals surface area contributed by atoms with Crippen LogP contribution in [-0.4, -0.2) is 15.7 Å². The molecule has 0 atom stereocenters. The van der Waals surface area contributed by atoms with Crippen molar-refractivity contribution in [3.63, 3.8) is 0 Å². The highest BCUT2D eigenvalue weighted by atomic mass is 35.5. The molecule has 1 aromatic carbocycles. The van der Waals surface area contributed by atoms with Crippen molar-refractivity contribution >= 4 is 35.2 Å². The topological polar surface area (TPSA) is 44.1 Å². The minimum absolute atomic E-state index is 0.472. The number of halogens is 2. The number of nitrogens with zero attached hydrogens (tertiary/aromatic N) is 2. The fourth-order valence-corrected chi connectivity index (χ4v) is 2.32. The summed E-state index contributed by atoms with van der Waals surface area (Å²) in [4.78, 5) is 11.8. The average Bonchev–Trinajstić information content (AvgIpc) is 2.65. The van der Waals surface area contributed by atoms with Crippen LogP contribution >= 0.6 is 23.2 Å². The molecule has 0 amide bonds. The molecule has 110 valence electrons. The molecule has 0 aliphatic rings. The van der Waals surface area contributed by atoms with E-state index in [0.717, 1.165) is 11.3 Å². The quantitative estimate of drug-likeness (QED) is 0.487. The van der Waals surface area contributed by atoms with Crippen LogP contribution in [0.15, 0.2) is 24.3 Å². The second-order valence-electron chi connectivity index (χ2n) is 4.58. The summed E-state index contributed by atoms with van der Waals surface area (Å²) in [6, 6.07) is 5.06. The zero-order valence-electron chi connectivity index (χ0n) is 11.9. The molecule has 1 heterocycles. The summed E-state index contributed by atoms with van der Waals surface area (Å²) >= 11 is 11.9. The lowest BCUT2D eigenvalue weighted by atomic mass is 10.2. The number of carbonyl (C=O) groups is 1. The van der Waals surface area contributed by atoms with Gasteiger partial charge in [0.25, 0.3) is 0 Å². The SMILES string of the molecule is Cc1cc(Cl)ccc1OC(=O)/C=C/c1c(C)nn(C)c1Cl. The Kier molecular flexibility index (Phi) is 4.70. The zero-order chi connectivity index (χ0) is 15.6. The van der Waals surface area contributed by atoms with E-state index in [4.69, 9.17) is 27.9 Å². The monoisotopic (exact) mass is 324 g/mol. The Labute approximate surface area is 132 Å². The minimum Gasteiger partial charge on any atom is -0.423 e. The van der Waals surface area contributed by atoms with E-state index in [-0.39, 0.29) is 0 Å². The third-order valence-electron chi connectivity index (χ3n) is 2.93. The number of esters is 1. The number of aromatic nitrogens is 2. The van der Waals surface area contributed by atoms with Crippen molar-refractivity contribution in [3.8, 4) is 5.75 Å². The van der Waals surface area contributed by atoms with Crippen molar-refractivity contribution in [1.82, 2.24) is 9.78 Å². The van der Waals surface area contributed by atoms with Crippen molar-refractivity contribution < 1.29 is 9.53 Å². The molecule has 0 bridgehead atoms. The molecule has 0 aliphatic carbocycles. The molecule has 2 aromatic rings. The van der Waals surface area contributed by atoms with E-state index in [2.05, 4.69) is 5.10 Å². The van der Waals surface area contributed by atoms with Gasteiger partial charge in [0.15, 0.2) is 0 Å². The first kappa shape index (κ1) is 15.6. The van der Waals surface area contributed by atoms with Gasteiger partial charge in [-0.2, -0.15) is 5.10 Å². The van der Waals surface area contributed by atoms with Crippen LogP contribution in [0.4, 0.5) is 0 Å². The first-order valence-electron chi connectivity index (χ1n) is 6.23. The Hall–Kier alpha value is -1.78. The molecule has 0 aliphatic heterocycles. The van der Waals surface area contributed by atoms with Crippen molar-refractivity contribution in [3.05, 3.63) is 51.3 Å². The molecular formula is C15H14Cl2N2O2. The first-order chi connectivity index (χ1) is 9.88. The fourth-order valence-electron chi connectivity index (χ4n) is 1.86. The number of benzene rings is 1. The summed E-state index contributed by atoms with van der Waals surface area (Å²) in [5, 5.41) is 5.23. The third kappa shape index (κ3) is 3.65. The Balaban J connectivity index is 2.13. The van der Waals surface area contributed by atoms with E-state index in [1.807, 2.05) is 13.8 Å². The highest BCUT2D eigenvalue weighted by molar-refractivity contribution is 6.31. The number of aryl methyl sites for hydroxylation is 3. The van der Waals surface area contributed by atoms with Gasteiger partial charge in [-0.25, -0.2) is 4.79 Å². The van der Waals surface area contributed by atoms with Crippen molar-refractivity contribution in [1.29, 1.82) is 0 Å². The van der Waals surface area contributed by atoms with E-state index in [0.29, 0.717) is 21.5 Å². The third-order valence-corrected chi connectivity index (χ3v) is 3.61. The summed E-state index contributed by atoms with van der Waals surface area (Å²) in [5.74, 6) is -0.0113. The van der Waals surface area contributed by atoms with E-state index in [1.165, 1.54) is 6.08 Å². The molecule has 6 heteroatoms. The second kappa shape index (κ2) is 6.33. The molecule has 0 radical (unpaired) electrons. The van der Waals surface area contributed by atoms with Crippen LogP contribution in [0.1, 0.15) is 16.8 Å². The molecule has 0 saturated carbocycles. The largest absolute Gasteiger partial charge is 0.423 e. The van der Waals surface area contributed by atoms with Gasteiger partial charge in [-0.3, -0.25) is 4.68 Å². The summed E-state index contributed by atoms with van der Waals surface area (Å²) in [5.41, 5.74) is 2.23. The predicted molar refractivity (Wildman–Crippen MR) is 83.8 cm³/mol. The normalized spacial score (nSPS) is 11.1. The van der Waals surface area contributed by atoms with E-state index >= 15 is 0 Å². The number of carbonyl (C=O) groups excluding carboxylic acids is 1. The maximum Gasteiger partial charge on any atom is 0.336 e. The smallest absolute Gasteiger partial charge is 0.336 e. The zero-order valence-corrected chi connectivity index (χ0v) is 13.4.